The SMILES string of the molecule is CCCCCCCCCCCCCC(=O)N(C)CC[N+](C)(C)C.I. The smallest absolute Gasteiger partial charge is 0.222 e. The molecule has 0 aliphatic heterocycles. The molecule has 146 valence electrons. The molecular formula is C20H44IN2O+. The first-order valence-electron chi connectivity index (χ1n) is 9.91. The van der Waals surface area contributed by atoms with Gasteiger partial charge >= 0.3 is 0 Å². The lowest BCUT2D eigenvalue weighted by Crippen LogP contribution is -2.42. The first-order chi connectivity index (χ1) is 10.9. The normalized spacial score (nSPS) is 11.2. The standard InChI is InChI=1S/C20H43N2O.HI/c1-6-7-8-9-10-11-12-13-14-15-16-17-20(23)21(2)18-19-22(3,4)5;/h6-19H2,1-5H3;1H/q+1;. The number of carbonyl (C=O) groups is 1. The van der Waals surface area contributed by atoms with Gasteiger partial charge in [0.15, 0.2) is 0 Å². The van der Waals surface area contributed by atoms with Gasteiger partial charge in [-0.25, -0.2) is 0 Å². The van der Waals surface area contributed by atoms with Crippen molar-refractivity contribution >= 4 is 29.9 Å². The number of likely N-dealkylation sites (N-methyl/N-ethyl adjacent to an activating group) is 2. The van der Waals surface area contributed by atoms with Crippen molar-refractivity contribution in [2.75, 3.05) is 41.3 Å². The van der Waals surface area contributed by atoms with Gasteiger partial charge in [0.2, 0.25) is 5.91 Å². The van der Waals surface area contributed by atoms with Gasteiger partial charge in [-0.15, -0.1) is 24.0 Å². The number of halogens is 1. The van der Waals surface area contributed by atoms with Crippen LogP contribution in [0, 0.1) is 0 Å². The summed E-state index contributed by atoms with van der Waals surface area (Å²) in [6.07, 6.45) is 15.4. The fraction of sp³-hybridized carbons (Fsp3) is 0.950. The fourth-order valence-corrected chi connectivity index (χ4v) is 2.71. The average Bonchev–Trinajstić information content (AvgIpc) is 2.49. The molecule has 3 nitrogen and oxygen atoms in total. The molecule has 0 fully saturated rings. The van der Waals surface area contributed by atoms with Crippen LogP contribution in [-0.2, 0) is 4.79 Å². The van der Waals surface area contributed by atoms with Crippen molar-refractivity contribution in [2.24, 2.45) is 0 Å². The van der Waals surface area contributed by atoms with Crippen LogP contribution in [0.3, 0.4) is 0 Å². The van der Waals surface area contributed by atoms with E-state index in [1.54, 1.807) is 0 Å². The maximum absolute atomic E-state index is 12.0. The fourth-order valence-electron chi connectivity index (χ4n) is 2.71. The van der Waals surface area contributed by atoms with Crippen LogP contribution < -0.4 is 0 Å². The summed E-state index contributed by atoms with van der Waals surface area (Å²) >= 11 is 0. The van der Waals surface area contributed by atoms with E-state index in [1.165, 1.54) is 64.2 Å². The molecule has 0 saturated heterocycles. The van der Waals surface area contributed by atoms with E-state index >= 15 is 0 Å². The lowest BCUT2D eigenvalue weighted by Gasteiger charge is -2.27. The van der Waals surface area contributed by atoms with Crippen molar-refractivity contribution in [3.8, 4) is 0 Å². The maximum atomic E-state index is 12.0. The van der Waals surface area contributed by atoms with Gasteiger partial charge in [0.1, 0.15) is 0 Å². The highest BCUT2D eigenvalue weighted by molar-refractivity contribution is 14.0. The van der Waals surface area contributed by atoms with Crippen LogP contribution in [0.15, 0.2) is 0 Å². The van der Waals surface area contributed by atoms with E-state index in [-0.39, 0.29) is 24.0 Å². The second-order valence-corrected chi connectivity index (χ2v) is 8.11. The number of carbonyl (C=O) groups excluding carboxylic acids is 1. The minimum atomic E-state index is 0. The van der Waals surface area contributed by atoms with Crippen molar-refractivity contribution in [3.05, 3.63) is 0 Å². The Hall–Kier alpha value is 0.160. The topological polar surface area (TPSA) is 20.3 Å². The molecular weight excluding hydrogens is 411 g/mol. The van der Waals surface area contributed by atoms with Crippen LogP contribution in [-0.4, -0.2) is 56.6 Å². The molecule has 0 spiro atoms. The summed E-state index contributed by atoms with van der Waals surface area (Å²) in [5.74, 6) is 0.314. The van der Waals surface area contributed by atoms with Crippen molar-refractivity contribution in [3.63, 3.8) is 0 Å². The molecule has 0 radical (unpaired) electrons. The Labute approximate surface area is 169 Å². The van der Waals surface area contributed by atoms with Crippen molar-refractivity contribution in [2.45, 2.75) is 84.0 Å². The summed E-state index contributed by atoms with van der Waals surface area (Å²) in [6.45, 7) is 4.15. The predicted octanol–water partition coefficient (Wildman–Crippen LogP) is 5.47. The Balaban J connectivity index is 0. The monoisotopic (exact) mass is 455 g/mol. The summed E-state index contributed by atoms with van der Waals surface area (Å²) in [5, 5.41) is 0. The quantitative estimate of drug-likeness (QED) is 0.182. The molecule has 1 amide bonds. The highest BCUT2D eigenvalue weighted by atomic mass is 127. The lowest BCUT2D eigenvalue weighted by molar-refractivity contribution is -0.869. The average molecular weight is 455 g/mol. The van der Waals surface area contributed by atoms with E-state index in [4.69, 9.17) is 0 Å². The Kier molecular flexibility index (Phi) is 18.3. The summed E-state index contributed by atoms with van der Waals surface area (Å²) in [4.78, 5) is 13.9. The predicted molar refractivity (Wildman–Crippen MR) is 117 cm³/mol. The molecule has 0 aliphatic rings. The number of rotatable bonds is 15. The van der Waals surface area contributed by atoms with E-state index in [1.807, 2.05) is 11.9 Å². The van der Waals surface area contributed by atoms with E-state index < -0.39 is 0 Å². The van der Waals surface area contributed by atoms with Gasteiger partial charge in [-0.3, -0.25) is 4.79 Å². The summed E-state index contributed by atoms with van der Waals surface area (Å²) in [5.41, 5.74) is 0. The third-order valence-corrected chi connectivity index (χ3v) is 4.53. The Morgan fingerprint density at radius 2 is 1.21 bits per heavy atom. The van der Waals surface area contributed by atoms with Gasteiger partial charge in [-0.05, 0) is 6.42 Å². The molecule has 0 rings (SSSR count). The molecule has 0 N–H and O–H groups in total. The highest BCUT2D eigenvalue weighted by Crippen LogP contribution is 2.12. The summed E-state index contributed by atoms with van der Waals surface area (Å²) in [7, 11) is 8.45. The second kappa shape index (κ2) is 16.6. The largest absolute Gasteiger partial charge is 0.340 e. The number of amides is 1. The highest BCUT2D eigenvalue weighted by Gasteiger charge is 2.12. The third kappa shape index (κ3) is 18.5. The minimum Gasteiger partial charge on any atom is -0.340 e. The first-order valence-corrected chi connectivity index (χ1v) is 9.91. The van der Waals surface area contributed by atoms with E-state index in [0.29, 0.717) is 5.91 Å². The molecule has 0 unspecified atom stereocenters. The van der Waals surface area contributed by atoms with Crippen molar-refractivity contribution in [1.29, 1.82) is 0 Å². The Morgan fingerprint density at radius 3 is 1.62 bits per heavy atom. The molecule has 0 aliphatic carbocycles. The molecule has 0 aromatic rings. The molecule has 0 atom stereocenters. The van der Waals surface area contributed by atoms with Crippen LogP contribution >= 0.6 is 24.0 Å². The summed E-state index contributed by atoms with van der Waals surface area (Å²) < 4.78 is 0.913. The Bertz CT molecular complexity index is 290. The molecule has 24 heavy (non-hydrogen) atoms. The maximum Gasteiger partial charge on any atom is 0.222 e. The van der Waals surface area contributed by atoms with Gasteiger partial charge in [0, 0.05) is 13.5 Å². The van der Waals surface area contributed by atoms with Gasteiger partial charge in [-0.1, -0.05) is 71.1 Å². The van der Waals surface area contributed by atoms with Crippen molar-refractivity contribution in [1.82, 2.24) is 4.90 Å². The lowest BCUT2D eigenvalue weighted by atomic mass is 10.1. The number of hydrogen-bond acceptors (Lipinski definition) is 1. The van der Waals surface area contributed by atoms with Gasteiger partial charge in [0.25, 0.3) is 0 Å². The molecule has 0 bridgehead atoms. The minimum absolute atomic E-state index is 0. The first kappa shape index (κ1) is 26.4. The van der Waals surface area contributed by atoms with E-state index in [9.17, 15) is 4.79 Å². The van der Waals surface area contributed by atoms with Crippen LogP contribution in [0.4, 0.5) is 0 Å². The number of unbranched alkanes of at least 4 members (excludes halogenated alkanes) is 10. The number of nitrogens with zero attached hydrogens (tertiary/aromatic N) is 2. The zero-order valence-electron chi connectivity index (χ0n) is 17.1. The van der Waals surface area contributed by atoms with Crippen LogP contribution in [0.25, 0.3) is 0 Å². The van der Waals surface area contributed by atoms with Gasteiger partial charge in [0.05, 0.1) is 34.2 Å². The van der Waals surface area contributed by atoms with Crippen molar-refractivity contribution < 1.29 is 9.28 Å². The van der Waals surface area contributed by atoms with Gasteiger partial charge < -0.3 is 9.38 Å². The number of hydrogen-bond donors (Lipinski definition) is 0. The molecule has 0 aromatic heterocycles. The van der Waals surface area contributed by atoms with Crippen LogP contribution in [0.2, 0.25) is 0 Å². The zero-order chi connectivity index (χ0) is 17.6. The molecule has 4 heteroatoms. The summed E-state index contributed by atoms with van der Waals surface area (Å²) in [6, 6.07) is 0. The molecule has 0 heterocycles. The van der Waals surface area contributed by atoms with E-state index in [2.05, 4.69) is 28.1 Å². The molecule has 0 aromatic carbocycles. The van der Waals surface area contributed by atoms with Crippen LogP contribution in [0.1, 0.15) is 84.0 Å². The third-order valence-electron chi connectivity index (χ3n) is 4.53. The van der Waals surface area contributed by atoms with Crippen LogP contribution in [0.5, 0.6) is 0 Å². The Morgan fingerprint density at radius 1 is 0.792 bits per heavy atom. The second-order valence-electron chi connectivity index (χ2n) is 8.11. The molecule has 0 saturated carbocycles. The zero-order valence-corrected chi connectivity index (χ0v) is 19.4. The number of quaternary nitrogens is 1. The van der Waals surface area contributed by atoms with Gasteiger partial charge in [-0.2, -0.15) is 0 Å². The van der Waals surface area contributed by atoms with E-state index in [0.717, 1.165) is 30.4 Å².